The first-order chi connectivity index (χ1) is 16.0. The Bertz CT molecular complexity index is 859. The standard InChI is InChI=1S/C25H40N4O5/c1-5-6-11-28-24(33)16(2)12-20(30)17(26)13-25(3,4)14-22(31)29-18-9-7-8-10-21(18)34-15-19(29)23(27)32/h7-10,16-17,19-20,30H,5-6,11-15,26H2,1-4H3,(H2,27,32)(H,28,33)/t16-,17+,19-,20+/m1/s1. The van der Waals surface area contributed by atoms with Crippen molar-refractivity contribution in [3.63, 3.8) is 0 Å². The van der Waals surface area contributed by atoms with Crippen LogP contribution in [-0.2, 0) is 14.4 Å². The molecule has 34 heavy (non-hydrogen) atoms. The van der Waals surface area contributed by atoms with Gasteiger partial charge in [0.05, 0.1) is 11.8 Å². The van der Waals surface area contributed by atoms with Gasteiger partial charge in [-0.25, -0.2) is 0 Å². The van der Waals surface area contributed by atoms with Gasteiger partial charge in [-0.05, 0) is 36.8 Å². The zero-order valence-electron chi connectivity index (χ0n) is 20.8. The zero-order valence-corrected chi connectivity index (χ0v) is 20.8. The van der Waals surface area contributed by atoms with Crippen LogP contribution in [0.25, 0.3) is 0 Å². The molecule has 0 radical (unpaired) electrons. The van der Waals surface area contributed by atoms with Crippen molar-refractivity contribution in [3.8, 4) is 5.75 Å². The molecule has 1 aliphatic rings. The number of primary amides is 1. The highest BCUT2D eigenvalue weighted by Crippen LogP contribution is 2.36. The van der Waals surface area contributed by atoms with E-state index in [1.165, 1.54) is 4.90 Å². The quantitative estimate of drug-likeness (QED) is 0.338. The summed E-state index contributed by atoms with van der Waals surface area (Å²) in [6.45, 7) is 8.22. The van der Waals surface area contributed by atoms with E-state index in [9.17, 15) is 19.5 Å². The lowest BCUT2D eigenvalue weighted by molar-refractivity contribution is -0.127. The van der Waals surface area contributed by atoms with Crippen LogP contribution in [0.5, 0.6) is 5.75 Å². The van der Waals surface area contributed by atoms with Crippen molar-refractivity contribution in [1.82, 2.24) is 5.32 Å². The number of ether oxygens (including phenoxy) is 1. The average molecular weight is 477 g/mol. The fourth-order valence-electron chi connectivity index (χ4n) is 4.25. The summed E-state index contributed by atoms with van der Waals surface area (Å²) in [7, 11) is 0. The molecule has 190 valence electrons. The maximum atomic E-state index is 13.3. The summed E-state index contributed by atoms with van der Waals surface area (Å²) in [6.07, 6.45) is 1.71. The molecule has 0 fully saturated rings. The lowest BCUT2D eigenvalue weighted by Crippen LogP contribution is -2.54. The number of nitrogens with one attached hydrogen (secondary N) is 1. The summed E-state index contributed by atoms with van der Waals surface area (Å²) in [5.41, 5.74) is 11.8. The van der Waals surface area contributed by atoms with Crippen molar-refractivity contribution < 1.29 is 24.2 Å². The van der Waals surface area contributed by atoms with Gasteiger partial charge >= 0.3 is 0 Å². The molecule has 4 atom stereocenters. The van der Waals surface area contributed by atoms with Crippen molar-refractivity contribution in [2.75, 3.05) is 18.1 Å². The van der Waals surface area contributed by atoms with Crippen LogP contribution in [0.4, 0.5) is 5.69 Å². The SMILES string of the molecule is CCCCNC(=O)[C@H](C)C[C@H](O)[C@@H](N)CC(C)(C)CC(=O)N1c2ccccc2OC[C@@H]1C(N)=O. The summed E-state index contributed by atoms with van der Waals surface area (Å²) in [5, 5.41) is 13.5. The number of hydrogen-bond donors (Lipinski definition) is 4. The second-order valence-electron chi connectivity index (χ2n) is 10.0. The van der Waals surface area contributed by atoms with Gasteiger partial charge in [0.25, 0.3) is 0 Å². The number of carbonyl (C=O) groups excluding carboxylic acids is 3. The molecule has 3 amide bonds. The van der Waals surface area contributed by atoms with E-state index in [1.807, 2.05) is 13.8 Å². The number of carbonyl (C=O) groups is 3. The molecule has 0 saturated heterocycles. The molecule has 9 nitrogen and oxygen atoms in total. The lowest BCUT2D eigenvalue weighted by atomic mass is 9.79. The number of anilines is 1. The summed E-state index contributed by atoms with van der Waals surface area (Å²) in [5.74, 6) is -0.861. The normalized spacial score (nSPS) is 18.3. The van der Waals surface area contributed by atoms with E-state index in [2.05, 4.69) is 12.2 Å². The fraction of sp³-hybridized carbons (Fsp3) is 0.640. The summed E-state index contributed by atoms with van der Waals surface area (Å²) >= 11 is 0. The number of para-hydroxylation sites is 2. The molecule has 0 unspecified atom stereocenters. The van der Waals surface area contributed by atoms with Gasteiger partial charge in [-0.1, -0.05) is 46.2 Å². The predicted molar refractivity (Wildman–Crippen MR) is 131 cm³/mol. The van der Waals surface area contributed by atoms with E-state index in [0.29, 0.717) is 24.4 Å². The second-order valence-corrected chi connectivity index (χ2v) is 10.0. The zero-order chi connectivity index (χ0) is 25.5. The Morgan fingerprint density at radius 1 is 1.29 bits per heavy atom. The topological polar surface area (TPSA) is 148 Å². The van der Waals surface area contributed by atoms with Gasteiger partial charge in [-0.3, -0.25) is 19.3 Å². The minimum Gasteiger partial charge on any atom is -0.489 e. The van der Waals surface area contributed by atoms with Crippen molar-refractivity contribution in [2.45, 2.75) is 78.0 Å². The molecule has 2 rings (SSSR count). The van der Waals surface area contributed by atoms with E-state index in [-0.39, 0.29) is 37.2 Å². The van der Waals surface area contributed by atoms with Gasteiger partial charge in [-0.2, -0.15) is 0 Å². The van der Waals surface area contributed by atoms with E-state index in [1.54, 1.807) is 31.2 Å². The van der Waals surface area contributed by atoms with Gasteiger partial charge in [-0.15, -0.1) is 0 Å². The summed E-state index contributed by atoms with van der Waals surface area (Å²) < 4.78 is 5.61. The molecule has 1 aliphatic heterocycles. The minimum atomic E-state index is -0.899. The first-order valence-corrected chi connectivity index (χ1v) is 12.0. The third kappa shape index (κ3) is 7.43. The Kier molecular flexibility index (Phi) is 9.88. The molecule has 1 heterocycles. The molecule has 1 aromatic carbocycles. The number of unbranched alkanes of at least 4 members (excludes halogenated alkanes) is 1. The number of aliphatic hydroxyl groups is 1. The summed E-state index contributed by atoms with van der Waals surface area (Å²) in [4.78, 5) is 39.0. The molecule has 9 heteroatoms. The smallest absolute Gasteiger partial charge is 0.244 e. The predicted octanol–water partition coefficient (Wildman–Crippen LogP) is 1.70. The molecular weight excluding hydrogens is 436 g/mol. The maximum Gasteiger partial charge on any atom is 0.244 e. The number of hydrogen-bond acceptors (Lipinski definition) is 6. The number of nitrogens with zero attached hydrogens (tertiary/aromatic N) is 1. The highest BCUT2D eigenvalue weighted by molar-refractivity contribution is 6.02. The third-order valence-electron chi connectivity index (χ3n) is 6.21. The number of fused-ring (bicyclic) bond motifs is 1. The van der Waals surface area contributed by atoms with Crippen molar-refractivity contribution in [3.05, 3.63) is 24.3 Å². The Morgan fingerprint density at radius 3 is 2.62 bits per heavy atom. The first-order valence-electron chi connectivity index (χ1n) is 12.0. The Hall–Kier alpha value is -2.65. The number of nitrogens with two attached hydrogens (primary N) is 2. The highest BCUT2D eigenvalue weighted by atomic mass is 16.5. The van der Waals surface area contributed by atoms with E-state index < -0.39 is 29.5 Å². The number of rotatable bonds is 12. The Morgan fingerprint density at radius 2 is 1.97 bits per heavy atom. The van der Waals surface area contributed by atoms with E-state index in [0.717, 1.165) is 12.8 Å². The largest absolute Gasteiger partial charge is 0.489 e. The Labute approximate surface area is 202 Å². The monoisotopic (exact) mass is 476 g/mol. The van der Waals surface area contributed by atoms with Gasteiger partial charge in [0.2, 0.25) is 17.7 Å². The molecule has 0 aliphatic carbocycles. The second kappa shape index (κ2) is 12.2. The van der Waals surface area contributed by atoms with Crippen LogP contribution in [0.2, 0.25) is 0 Å². The fourth-order valence-corrected chi connectivity index (χ4v) is 4.25. The molecule has 0 aromatic heterocycles. The number of amides is 3. The lowest BCUT2D eigenvalue weighted by Gasteiger charge is -2.38. The van der Waals surface area contributed by atoms with Crippen LogP contribution in [0.15, 0.2) is 24.3 Å². The summed E-state index contributed by atoms with van der Waals surface area (Å²) in [6, 6.07) is 5.51. The molecule has 1 aromatic rings. The molecule has 0 bridgehead atoms. The van der Waals surface area contributed by atoms with Crippen LogP contribution in [0.3, 0.4) is 0 Å². The van der Waals surface area contributed by atoms with Gasteiger partial charge in [0.1, 0.15) is 18.4 Å². The highest BCUT2D eigenvalue weighted by Gasteiger charge is 2.38. The van der Waals surface area contributed by atoms with Gasteiger partial charge < -0.3 is 26.6 Å². The molecule has 6 N–H and O–H groups in total. The van der Waals surface area contributed by atoms with Crippen LogP contribution in [-0.4, -0.2) is 54.2 Å². The minimum absolute atomic E-state index is 0.00501. The van der Waals surface area contributed by atoms with Crippen LogP contribution >= 0.6 is 0 Å². The van der Waals surface area contributed by atoms with Gasteiger partial charge in [0, 0.05) is 24.9 Å². The molecular formula is C25H40N4O5. The number of benzene rings is 1. The molecule has 0 spiro atoms. The molecule has 0 saturated carbocycles. The van der Waals surface area contributed by atoms with E-state index in [4.69, 9.17) is 16.2 Å². The number of aliphatic hydroxyl groups excluding tert-OH is 1. The van der Waals surface area contributed by atoms with Crippen molar-refractivity contribution >= 4 is 23.4 Å². The Balaban J connectivity index is 2.01. The van der Waals surface area contributed by atoms with Crippen LogP contribution < -0.4 is 26.4 Å². The van der Waals surface area contributed by atoms with Crippen molar-refractivity contribution in [2.24, 2.45) is 22.8 Å². The van der Waals surface area contributed by atoms with E-state index >= 15 is 0 Å². The van der Waals surface area contributed by atoms with Gasteiger partial charge in [0.15, 0.2) is 0 Å². The first kappa shape index (κ1) is 27.6. The van der Waals surface area contributed by atoms with Crippen LogP contribution in [0.1, 0.15) is 59.8 Å². The van der Waals surface area contributed by atoms with Crippen LogP contribution in [0, 0.1) is 11.3 Å². The third-order valence-corrected chi connectivity index (χ3v) is 6.21. The maximum absolute atomic E-state index is 13.3. The van der Waals surface area contributed by atoms with Crippen molar-refractivity contribution in [1.29, 1.82) is 0 Å². The average Bonchev–Trinajstić information content (AvgIpc) is 2.77.